The van der Waals surface area contributed by atoms with Crippen LogP contribution in [-0.2, 0) is 0 Å². The van der Waals surface area contributed by atoms with Crippen molar-refractivity contribution >= 4 is 15.9 Å². The van der Waals surface area contributed by atoms with Crippen molar-refractivity contribution in [3.8, 4) is 0 Å². The monoisotopic (exact) mass is 289 g/mol. The second-order valence-electron chi connectivity index (χ2n) is 4.22. The summed E-state index contributed by atoms with van der Waals surface area (Å²) in [6.07, 6.45) is -0.874. The maximum absolute atomic E-state index is 13.6. The molecule has 0 aromatic heterocycles. The zero-order valence-electron chi connectivity index (χ0n) is 9.45. The number of benzene rings is 1. The van der Waals surface area contributed by atoms with Crippen LogP contribution in [0.2, 0.25) is 0 Å². The largest absolute Gasteiger partial charge is 0.388 e. The van der Waals surface area contributed by atoms with Crippen molar-refractivity contribution in [3.05, 3.63) is 34.1 Å². The van der Waals surface area contributed by atoms with Crippen LogP contribution < -0.4 is 5.73 Å². The zero-order valence-corrected chi connectivity index (χ0v) is 11.0. The Morgan fingerprint density at radius 3 is 2.50 bits per heavy atom. The normalized spacial score (nSPS) is 15.2. The smallest absolute Gasteiger partial charge is 0.130 e. The van der Waals surface area contributed by atoms with Crippen LogP contribution in [-0.4, -0.2) is 11.7 Å². The minimum atomic E-state index is -0.874. The summed E-state index contributed by atoms with van der Waals surface area (Å²) in [7, 11) is 0. The third kappa shape index (κ3) is 2.81. The Balaban J connectivity index is 3.08. The fourth-order valence-corrected chi connectivity index (χ4v) is 2.35. The maximum Gasteiger partial charge on any atom is 0.130 e. The molecule has 0 aliphatic heterocycles. The predicted octanol–water partition coefficient (Wildman–Crippen LogP) is 2.85. The van der Waals surface area contributed by atoms with Crippen LogP contribution >= 0.6 is 15.9 Å². The lowest BCUT2D eigenvalue weighted by Crippen LogP contribution is -2.27. The van der Waals surface area contributed by atoms with Gasteiger partial charge in [-0.2, -0.15) is 0 Å². The molecule has 0 saturated carbocycles. The summed E-state index contributed by atoms with van der Waals surface area (Å²) in [6.45, 7) is 4.27. The summed E-state index contributed by atoms with van der Waals surface area (Å²) in [5.41, 5.74) is 5.91. The van der Waals surface area contributed by atoms with E-state index < -0.39 is 11.9 Å². The molecule has 0 amide bonds. The third-order valence-corrected chi connectivity index (χ3v) is 3.52. The van der Waals surface area contributed by atoms with Crippen molar-refractivity contribution in [1.82, 2.24) is 0 Å². The number of aliphatic hydroxyl groups excluding tert-OH is 1. The molecular formula is C12H17BrFNO. The summed E-state index contributed by atoms with van der Waals surface area (Å²) < 4.78 is 14.2. The molecule has 2 unspecified atom stereocenters. The number of aliphatic hydroxyl groups is 1. The number of nitrogens with two attached hydrogens (primary N) is 1. The predicted molar refractivity (Wildman–Crippen MR) is 66.4 cm³/mol. The Morgan fingerprint density at radius 1 is 1.44 bits per heavy atom. The van der Waals surface area contributed by atoms with E-state index >= 15 is 0 Å². The lowest BCUT2D eigenvalue weighted by molar-refractivity contribution is 0.0822. The van der Waals surface area contributed by atoms with Crippen molar-refractivity contribution in [2.24, 2.45) is 17.6 Å². The van der Waals surface area contributed by atoms with Gasteiger partial charge in [-0.3, -0.25) is 0 Å². The first kappa shape index (κ1) is 13.6. The molecule has 1 aromatic rings. The van der Waals surface area contributed by atoms with Gasteiger partial charge in [-0.25, -0.2) is 4.39 Å². The Kier molecular flexibility index (Phi) is 4.89. The van der Waals surface area contributed by atoms with E-state index in [1.165, 1.54) is 6.07 Å². The highest BCUT2D eigenvalue weighted by Crippen LogP contribution is 2.33. The van der Waals surface area contributed by atoms with E-state index in [1.807, 2.05) is 13.8 Å². The van der Waals surface area contributed by atoms with Crippen molar-refractivity contribution in [3.63, 3.8) is 0 Å². The van der Waals surface area contributed by atoms with Crippen LogP contribution in [0.15, 0.2) is 22.7 Å². The maximum atomic E-state index is 13.6. The number of rotatable bonds is 4. The van der Waals surface area contributed by atoms with E-state index in [0.717, 1.165) is 0 Å². The molecule has 1 rings (SSSR count). The molecule has 0 radical (unpaired) electrons. The number of hydrogen-bond donors (Lipinski definition) is 2. The fourth-order valence-electron chi connectivity index (χ4n) is 1.77. The lowest BCUT2D eigenvalue weighted by atomic mass is 9.86. The summed E-state index contributed by atoms with van der Waals surface area (Å²) in [5, 5.41) is 10.2. The van der Waals surface area contributed by atoms with Crippen LogP contribution in [0.3, 0.4) is 0 Å². The molecule has 4 heteroatoms. The Morgan fingerprint density at radius 2 is 2.06 bits per heavy atom. The van der Waals surface area contributed by atoms with Crippen molar-refractivity contribution < 1.29 is 9.50 Å². The second kappa shape index (κ2) is 5.75. The van der Waals surface area contributed by atoms with Crippen LogP contribution in [0.5, 0.6) is 0 Å². The van der Waals surface area contributed by atoms with Gasteiger partial charge in [-0.15, -0.1) is 0 Å². The SMILES string of the molecule is CC(C)C(CN)C(O)c1c(F)cccc1Br. The molecule has 0 saturated heterocycles. The minimum Gasteiger partial charge on any atom is -0.388 e. The first-order valence-electron chi connectivity index (χ1n) is 5.31. The molecule has 0 heterocycles. The topological polar surface area (TPSA) is 46.2 Å². The van der Waals surface area contributed by atoms with Gasteiger partial charge in [0.15, 0.2) is 0 Å². The van der Waals surface area contributed by atoms with Crippen LogP contribution in [0.25, 0.3) is 0 Å². The van der Waals surface area contributed by atoms with E-state index in [9.17, 15) is 9.50 Å². The van der Waals surface area contributed by atoms with E-state index in [4.69, 9.17) is 5.73 Å². The van der Waals surface area contributed by atoms with Crippen molar-refractivity contribution in [2.75, 3.05) is 6.54 Å². The first-order valence-corrected chi connectivity index (χ1v) is 6.10. The van der Waals surface area contributed by atoms with Crippen molar-refractivity contribution in [2.45, 2.75) is 20.0 Å². The second-order valence-corrected chi connectivity index (χ2v) is 5.08. The molecule has 16 heavy (non-hydrogen) atoms. The molecule has 90 valence electrons. The van der Waals surface area contributed by atoms with Gasteiger partial charge in [0.25, 0.3) is 0 Å². The molecular weight excluding hydrogens is 273 g/mol. The molecule has 0 aliphatic carbocycles. The molecule has 0 spiro atoms. The Hall–Kier alpha value is -0.450. The van der Waals surface area contributed by atoms with E-state index in [-0.39, 0.29) is 11.8 Å². The number of hydrogen-bond acceptors (Lipinski definition) is 2. The van der Waals surface area contributed by atoms with E-state index in [0.29, 0.717) is 16.6 Å². The van der Waals surface area contributed by atoms with E-state index in [2.05, 4.69) is 15.9 Å². The highest BCUT2D eigenvalue weighted by molar-refractivity contribution is 9.10. The van der Waals surface area contributed by atoms with Crippen LogP contribution in [0.4, 0.5) is 4.39 Å². The highest BCUT2D eigenvalue weighted by atomic mass is 79.9. The van der Waals surface area contributed by atoms with Crippen LogP contribution in [0.1, 0.15) is 25.5 Å². The first-order chi connectivity index (χ1) is 7.49. The van der Waals surface area contributed by atoms with Gasteiger partial charge >= 0.3 is 0 Å². The summed E-state index contributed by atoms with van der Waals surface area (Å²) in [5.74, 6) is -0.347. The quantitative estimate of drug-likeness (QED) is 0.895. The van der Waals surface area contributed by atoms with Gasteiger partial charge in [0.2, 0.25) is 0 Å². The molecule has 0 aliphatic rings. The standard InChI is InChI=1S/C12H17BrFNO/c1-7(2)8(6-15)12(16)11-9(13)4-3-5-10(11)14/h3-5,7-8,12,16H,6,15H2,1-2H3. The molecule has 0 bridgehead atoms. The minimum absolute atomic E-state index is 0.145. The van der Waals surface area contributed by atoms with E-state index in [1.54, 1.807) is 12.1 Å². The summed E-state index contributed by atoms with van der Waals surface area (Å²) in [4.78, 5) is 0. The molecule has 1 aromatic carbocycles. The average Bonchev–Trinajstić information content (AvgIpc) is 2.17. The average molecular weight is 290 g/mol. The highest BCUT2D eigenvalue weighted by Gasteiger charge is 2.26. The summed E-state index contributed by atoms with van der Waals surface area (Å²) in [6, 6.07) is 4.66. The van der Waals surface area contributed by atoms with Gasteiger partial charge in [-0.1, -0.05) is 35.8 Å². The Labute approximate surface area is 104 Å². The lowest BCUT2D eigenvalue weighted by Gasteiger charge is -2.26. The zero-order chi connectivity index (χ0) is 12.3. The van der Waals surface area contributed by atoms with Gasteiger partial charge in [0, 0.05) is 16.0 Å². The fraction of sp³-hybridized carbons (Fsp3) is 0.500. The molecule has 2 nitrogen and oxygen atoms in total. The number of halogens is 2. The van der Waals surface area contributed by atoms with Gasteiger partial charge in [-0.05, 0) is 24.6 Å². The van der Waals surface area contributed by atoms with Crippen LogP contribution in [0, 0.1) is 17.7 Å². The molecule has 3 N–H and O–H groups in total. The summed E-state index contributed by atoms with van der Waals surface area (Å²) >= 11 is 3.25. The Bertz CT molecular complexity index is 337. The molecule has 2 atom stereocenters. The third-order valence-electron chi connectivity index (χ3n) is 2.83. The van der Waals surface area contributed by atoms with Crippen molar-refractivity contribution in [1.29, 1.82) is 0 Å². The van der Waals surface area contributed by atoms with Gasteiger partial charge < -0.3 is 10.8 Å². The van der Waals surface area contributed by atoms with Gasteiger partial charge in [0.05, 0.1) is 6.10 Å². The van der Waals surface area contributed by atoms with Gasteiger partial charge in [0.1, 0.15) is 5.82 Å². The molecule has 0 fully saturated rings.